The number of aryl methyl sites for hydroxylation is 1. The van der Waals surface area contributed by atoms with Crippen LogP contribution in [0.5, 0.6) is 0 Å². The second-order valence-electron chi connectivity index (χ2n) is 4.25. The number of aromatic nitrogens is 1. The minimum atomic E-state index is 0.575. The first-order valence-electron chi connectivity index (χ1n) is 4.98. The van der Waals surface area contributed by atoms with Gasteiger partial charge in [-0.1, -0.05) is 33.8 Å². The van der Waals surface area contributed by atoms with Crippen LogP contribution in [0.2, 0.25) is 0 Å². The molecule has 1 rings (SSSR count). The summed E-state index contributed by atoms with van der Waals surface area (Å²) in [4.78, 5) is 4.42. The molecule has 72 valence electrons. The Morgan fingerprint density at radius 1 is 1.08 bits per heavy atom. The Morgan fingerprint density at radius 3 is 2.15 bits per heavy atom. The molecule has 0 saturated heterocycles. The first kappa shape index (κ1) is 10.2. The zero-order chi connectivity index (χ0) is 10.0. The van der Waals surface area contributed by atoms with Crippen LogP contribution < -0.4 is 0 Å². The van der Waals surface area contributed by atoms with Gasteiger partial charge in [0.15, 0.2) is 0 Å². The highest BCUT2D eigenvalue weighted by atomic mass is 14.7. The molecule has 0 aliphatic heterocycles. The van der Waals surface area contributed by atoms with E-state index in [1.54, 1.807) is 0 Å². The molecule has 0 fully saturated rings. The molecule has 1 heterocycles. The van der Waals surface area contributed by atoms with Gasteiger partial charge in [0.25, 0.3) is 0 Å². The van der Waals surface area contributed by atoms with E-state index in [1.807, 2.05) is 6.20 Å². The van der Waals surface area contributed by atoms with Crippen molar-refractivity contribution >= 4 is 0 Å². The summed E-state index contributed by atoms with van der Waals surface area (Å²) >= 11 is 0. The van der Waals surface area contributed by atoms with Crippen LogP contribution in [-0.4, -0.2) is 4.98 Å². The van der Waals surface area contributed by atoms with Crippen molar-refractivity contribution < 1.29 is 0 Å². The Morgan fingerprint density at radius 2 is 1.69 bits per heavy atom. The molecule has 1 aromatic heterocycles. The fourth-order valence-corrected chi connectivity index (χ4v) is 1.47. The minimum absolute atomic E-state index is 0.575. The fraction of sp³-hybridized carbons (Fsp3) is 0.583. The standard InChI is InChI=1S/C12H19N/c1-8(2)11-6-12(9(3)4)10(5)13-7-11/h6-9H,1-5H3. The van der Waals surface area contributed by atoms with Crippen LogP contribution in [0.1, 0.15) is 56.4 Å². The molecular weight excluding hydrogens is 158 g/mol. The molecule has 0 aliphatic carbocycles. The maximum Gasteiger partial charge on any atom is 0.0407 e. The summed E-state index contributed by atoms with van der Waals surface area (Å²) < 4.78 is 0. The number of rotatable bonds is 2. The lowest BCUT2D eigenvalue weighted by Gasteiger charge is -2.12. The lowest BCUT2D eigenvalue weighted by molar-refractivity contribution is 0.808. The zero-order valence-electron chi connectivity index (χ0n) is 9.26. The van der Waals surface area contributed by atoms with Crippen LogP contribution in [0.3, 0.4) is 0 Å². The summed E-state index contributed by atoms with van der Waals surface area (Å²) in [5, 5.41) is 0. The van der Waals surface area contributed by atoms with Crippen molar-refractivity contribution in [3.63, 3.8) is 0 Å². The van der Waals surface area contributed by atoms with Gasteiger partial charge in [0.05, 0.1) is 0 Å². The van der Waals surface area contributed by atoms with E-state index in [0.717, 1.165) is 0 Å². The number of pyridine rings is 1. The molecule has 0 radical (unpaired) electrons. The predicted octanol–water partition coefficient (Wildman–Crippen LogP) is 3.64. The molecule has 1 aromatic rings. The SMILES string of the molecule is Cc1ncc(C(C)C)cc1C(C)C. The van der Waals surface area contributed by atoms with Gasteiger partial charge in [-0.05, 0) is 29.9 Å². The number of hydrogen-bond donors (Lipinski definition) is 0. The maximum atomic E-state index is 4.42. The van der Waals surface area contributed by atoms with Gasteiger partial charge in [-0.3, -0.25) is 4.98 Å². The molecule has 13 heavy (non-hydrogen) atoms. The molecule has 0 aromatic carbocycles. The van der Waals surface area contributed by atoms with Crippen molar-refractivity contribution in [2.45, 2.75) is 46.5 Å². The largest absolute Gasteiger partial charge is 0.261 e. The van der Waals surface area contributed by atoms with Gasteiger partial charge in [-0.2, -0.15) is 0 Å². The van der Waals surface area contributed by atoms with Gasteiger partial charge in [0.2, 0.25) is 0 Å². The molecule has 0 atom stereocenters. The van der Waals surface area contributed by atoms with E-state index in [9.17, 15) is 0 Å². The lowest BCUT2D eigenvalue weighted by Crippen LogP contribution is -1.98. The Kier molecular flexibility index (Phi) is 3.07. The summed E-state index contributed by atoms with van der Waals surface area (Å²) in [7, 11) is 0. The number of nitrogens with zero attached hydrogens (tertiary/aromatic N) is 1. The summed E-state index contributed by atoms with van der Waals surface area (Å²) in [6.45, 7) is 10.9. The highest BCUT2D eigenvalue weighted by molar-refractivity contribution is 5.28. The van der Waals surface area contributed by atoms with E-state index < -0.39 is 0 Å². The smallest absolute Gasteiger partial charge is 0.0407 e. The van der Waals surface area contributed by atoms with Crippen molar-refractivity contribution in [3.05, 3.63) is 29.1 Å². The second-order valence-corrected chi connectivity index (χ2v) is 4.25. The molecule has 1 heteroatoms. The van der Waals surface area contributed by atoms with Gasteiger partial charge in [0, 0.05) is 11.9 Å². The third kappa shape index (κ3) is 2.30. The third-order valence-electron chi connectivity index (χ3n) is 2.44. The quantitative estimate of drug-likeness (QED) is 0.672. The van der Waals surface area contributed by atoms with Gasteiger partial charge >= 0.3 is 0 Å². The normalized spacial score (nSPS) is 11.3. The molecule has 1 nitrogen and oxygen atoms in total. The predicted molar refractivity (Wildman–Crippen MR) is 57.2 cm³/mol. The summed E-state index contributed by atoms with van der Waals surface area (Å²) in [6, 6.07) is 2.29. The van der Waals surface area contributed by atoms with E-state index >= 15 is 0 Å². The van der Waals surface area contributed by atoms with Crippen LogP contribution >= 0.6 is 0 Å². The average molecular weight is 177 g/mol. The van der Waals surface area contributed by atoms with Crippen LogP contribution in [0.15, 0.2) is 12.3 Å². The first-order valence-corrected chi connectivity index (χ1v) is 4.98. The molecule has 0 spiro atoms. The van der Waals surface area contributed by atoms with Crippen LogP contribution in [0, 0.1) is 6.92 Å². The Labute approximate surface area is 81.2 Å². The van der Waals surface area contributed by atoms with Crippen molar-refractivity contribution in [1.82, 2.24) is 4.98 Å². The van der Waals surface area contributed by atoms with Crippen molar-refractivity contribution in [2.75, 3.05) is 0 Å². The van der Waals surface area contributed by atoms with Gasteiger partial charge in [-0.25, -0.2) is 0 Å². The van der Waals surface area contributed by atoms with Gasteiger partial charge < -0.3 is 0 Å². The van der Waals surface area contributed by atoms with E-state index in [1.165, 1.54) is 16.8 Å². The molecular formula is C12H19N. The molecule has 0 unspecified atom stereocenters. The maximum absolute atomic E-state index is 4.42. The Balaban J connectivity index is 3.11. The summed E-state index contributed by atoms with van der Waals surface area (Å²) in [5.41, 5.74) is 3.89. The summed E-state index contributed by atoms with van der Waals surface area (Å²) in [6.07, 6.45) is 1.99. The highest BCUT2D eigenvalue weighted by Crippen LogP contribution is 2.22. The van der Waals surface area contributed by atoms with Crippen LogP contribution in [0.4, 0.5) is 0 Å². The van der Waals surface area contributed by atoms with E-state index in [-0.39, 0.29) is 0 Å². The van der Waals surface area contributed by atoms with Crippen molar-refractivity contribution in [2.24, 2.45) is 0 Å². The number of hydrogen-bond acceptors (Lipinski definition) is 1. The van der Waals surface area contributed by atoms with Crippen LogP contribution in [0.25, 0.3) is 0 Å². The molecule has 0 aliphatic rings. The minimum Gasteiger partial charge on any atom is -0.261 e. The van der Waals surface area contributed by atoms with E-state index in [2.05, 4.69) is 45.7 Å². The first-order chi connectivity index (χ1) is 6.02. The second kappa shape index (κ2) is 3.91. The van der Waals surface area contributed by atoms with Gasteiger partial charge in [-0.15, -0.1) is 0 Å². The van der Waals surface area contributed by atoms with E-state index in [0.29, 0.717) is 11.8 Å². The Bertz CT molecular complexity index is 287. The molecule has 0 saturated carbocycles. The fourth-order valence-electron chi connectivity index (χ4n) is 1.47. The van der Waals surface area contributed by atoms with Crippen LogP contribution in [-0.2, 0) is 0 Å². The van der Waals surface area contributed by atoms with Crippen molar-refractivity contribution in [3.8, 4) is 0 Å². The highest BCUT2D eigenvalue weighted by Gasteiger charge is 2.07. The van der Waals surface area contributed by atoms with E-state index in [4.69, 9.17) is 0 Å². The monoisotopic (exact) mass is 177 g/mol. The summed E-state index contributed by atoms with van der Waals surface area (Å²) in [5.74, 6) is 1.15. The topological polar surface area (TPSA) is 12.9 Å². The third-order valence-corrected chi connectivity index (χ3v) is 2.44. The lowest BCUT2D eigenvalue weighted by atomic mass is 9.96. The molecule has 0 bridgehead atoms. The average Bonchev–Trinajstić information content (AvgIpc) is 2.04. The zero-order valence-corrected chi connectivity index (χ0v) is 9.26. The molecule has 0 N–H and O–H groups in total. The van der Waals surface area contributed by atoms with Gasteiger partial charge in [0.1, 0.15) is 0 Å². The van der Waals surface area contributed by atoms with Crippen molar-refractivity contribution in [1.29, 1.82) is 0 Å². The Hall–Kier alpha value is -0.850. The molecule has 0 amide bonds.